The fourth-order valence-corrected chi connectivity index (χ4v) is 3.70. The number of carbonyl (C=O) groups is 1. The Morgan fingerprint density at radius 3 is 2.29 bits per heavy atom. The van der Waals surface area contributed by atoms with Gasteiger partial charge in [-0.3, -0.25) is 4.79 Å². The summed E-state index contributed by atoms with van der Waals surface area (Å²) in [5, 5.41) is 2.87. The van der Waals surface area contributed by atoms with E-state index in [2.05, 4.69) is 21.2 Å². The molecule has 1 aromatic carbocycles. The van der Waals surface area contributed by atoms with Crippen LogP contribution in [0.5, 0.6) is 0 Å². The molecule has 0 aliphatic heterocycles. The van der Waals surface area contributed by atoms with Gasteiger partial charge in [0.05, 0.1) is 4.90 Å². The Hall–Kier alpha value is -0.590. The highest BCUT2D eigenvalue weighted by Crippen LogP contribution is 2.30. The minimum Gasteiger partial charge on any atom is -0.349 e. The number of carbonyl (C=O) groups excluding carboxylic acids is 1. The molecule has 7 heteroatoms. The molecule has 0 aliphatic rings. The van der Waals surface area contributed by atoms with Gasteiger partial charge in [-0.15, -0.1) is 0 Å². The predicted molar refractivity (Wildman–Crippen MR) is 88.3 cm³/mol. The van der Waals surface area contributed by atoms with Crippen LogP contribution in [0.25, 0.3) is 0 Å². The molecule has 0 radical (unpaired) electrons. The largest absolute Gasteiger partial charge is 0.349 e. The molecule has 0 spiro atoms. The molecule has 0 bridgehead atoms. The zero-order valence-corrected chi connectivity index (χ0v) is 15.8. The predicted octanol–water partition coefficient (Wildman–Crippen LogP) is 3.85. The van der Waals surface area contributed by atoms with E-state index >= 15 is 0 Å². The molecular formula is C14H19BrClNO3S. The topological polar surface area (TPSA) is 63.2 Å². The smallest absolute Gasteiger partial charge is 0.262 e. The molecule has 21 heavy (non-hydrogen) atoms. The summed E-state index contributed by atoms with van der Waals surface area (Å²) in [7, 11) is 1.48. The zero-order valence-electron chi connectivity index (χ0n) is 12.6. The van der Waals surface area contributed by atoms with E-state index < -0.39 is 9.05 Å². The van der Waals surface area contributed by atoms with Gasteiger partial charge < -0.3 is 5.32 Å². The van der Waals surface area contributed by atoms with Gasteiger partial charge in [-0.1, -0.05) is 20.8 Å². The number of hydrogen-bond donors (Lipinski definition) is 1. The number of amides is 1. The van der Waals surface area contributed by atoms with Gasteiger partial charge in [-0.25, -0.2) is 8.42 Å². The third-order valence-electron chi connectivity index (χ3n) is 3.39. The van der Waals surface area contributed by atoms with Gasteiger partial charge in [0.1, 0.15) is 0 Å². The molecule has 1 amide bonds. The van der Waals surface area contributed by atoms with Crippen LogP contribution in [0.15, 0.2) is 21.5 Å². The number of hydrogen-bond acceptors (Lipinski definition) is 3. The molecule has 1 rings (SSSR count). The van der Waals surface area contributed by atoms with Gasteiger partial charge in [0.15, 0.2) is 0 Å². The zero-order chi connectivity index (χ0) is 16.6. The van der Waals surface area contributed by atoms with Crippen LogP contribution >= 0.6 is 26.6 Å². The van der Waals surface area contributed by atoms with Crippen LogP contribution in [0.3, 0.4) is 0 Å². The maximum absolute atomic E-state index is 12.3. The van der Waals surface area contributed by atoms with Crippen LogP contribution in [-0.4, -0.2) is 20.4 Å². The van der Waals surface area contributed by atoms with Crippen molar-refractivity contribution < 1.29 is 13.2 Å². The van der Waals surface area contributed by atoms with Crippen molar-refractivity contribution in [2.24, 2.45) is 5.41 Å². The van der Waals surface area contributed by atoms with Gasteiger partial charge in [0.25, 0.3) is 15.0 Å². The van der Waals surface area contributed by atoms with Crippen LogP contribution in [-0.2, 0) is 9.05 Å². The second-order valence-electron chi connectivity index (χ2n) is 6.10. The van der Waals surface area contributed by atoms with E-state index in [0.717, 1.165) is 0 Å². The lowest BCUT2D eigenvalue weighted by Gasteiger charge is -2.28. The van der Waals surface area contributed by atoms with Gasteiger partial charge in [-0.05, 0) is 52.9 Å². The van der Waals surface area contributed by atoms with Crippen molar-refractivity contribution in [3.05, 3.63) is 27.7 Å². The molecule has 1 N–H and O–H groups in total. The molecule has 0 saturated heterocycles. The van der Waals surface area contributed by atoms with Crippen LogP contribution in [0.1, 0.15) is 43.6 Å². The average molecular weight is 397 g/mol. The molecule has 1 aromatic rings. The van der Waals surface area contributed by atoms with Crippen molar-refractivity contribution in [3.8, 4) is 0 Å². The summed E-state index contributed by atoms with van der Waals surface area (Å²) in [5.41, 5.74) is 0.804. The summed E-state index contributed by atoms with van der Waals surface area (Å²) in [5.74, 6) is -0.324. The molecule has 4 nitrogen and oxygen atoms in total. The van der Waals surface area contributed by atoms with Gasteiger partial charge >= 0.3 is 0 Å². The Kier molecular flexibility index (Phi) is 5.51. The second kappa shape index (κ2) is 6.26. The van der Waals surface area contributed by atoms with E-state index in [1.54, 1.807) is 13.0 Å². The highest BCUT2D eigenvalue weighted by Gasteiger charge is 2.24. The summed E-state index contributed by atoms with van der Waals surface area (Å²) in [6.07, 6.45) is 0. The fourth-order valence-electron chi connectivity index (χ4n) is 1.54. The van der Waals surface area contributed by atoms with E-state index in [0.29, 0.717) is 10.0 Å². The number of benzene rings is 1. The minimum absolute atomic E-state index is 0.0648. The minimum atomic E-state index is -3.92. The van der Waals surface area contributed by atoms with Crippen LogP contribution in [0.4, 0.5) is 0 Å². The Morgan fingerprint density at radius 2 is 1.86 bits per heavy atom. The van der Waals surface area contributed by atoms with E-state index in [1.165, 1.54) is 6.07 Å². The Labute approximate surface area is 138 Å². The third-order valence-corrected chi connectivity index (χ3v) is 6.05. The Bertz CT molecular complexity index is 666. The first-order valence-corrected chi connectivity index (χ1v) is 9.50. The molecule has 0 aliphatic carbocycles. The third kappa shape index (κ3) is 4.69. The van der Waals surface area contributed by atoms with Crippen LogP contribution < -0.4 is 5.32 Å². The van der Waals surface area contributed by atoms with Crippen molar-refractivity contribution in [3.63, 3.8) is 0 Å². The Balaban J connectivity index is 3.21. The first kappa shape index (κ1) is 18.5. The lowest BCUT2D eigenvalue weighted by molar-refractivity contribution is 0.0910. The monoisotopic (exact) mass is 395 g/mol. The second-order valence-corrected chi connectivity index (χ2v) is 9.43. The average Bonchev–Trinajstić information content (AvgIpc) is 2.29. The van der Waals surface area contributed by atoms with Gasteiger partial charge in [0, 0.05) is 26.8 Å². The highest BCUT2D eigenvalue weighted by molar-refractivity contribution is 9.10. The summed E-state index contributed by atoms with van der Waals surface area (Å²) in [4.78, 5) is 12.2. The van der Waals surface area contributed by atoms with E-state index in [9.17, 15) is 13.2 Å². The fraction of sp³-hybridized carbons (Fsp3) is 0.500. The lowest BCUT2D eigenvalue weighted by Crippen LogP contribution is -2.41. The standard InChI is InChI=1S/C14H19BrClNO3S/c1-8-6-10(7-11(12(8)15)21(16,19)20)13(18)17-9(2)14(3,4)5/h6-7,9H,1-5H3,(H,17,18). The molecule has 1 atom stereocenters. The number of halogens is 2. The summed E-state index contributed by atoms with van der Waals surface area (Å²) < 4.78 is 23.5. The van der Waals surface area contributed by atoms with E-state index in [4.69, 9.17) is 10.7 Å². The molecule has 0 heterocycles. The SMILES string of the molecule is Cc1cc(C(=O)NC(C)C(C)(C)C)cc(S(=O)(=O)Cl)c1Br. The van der Waals surface area contributed by atoms with Crippen molar-refractivity contribution in [1.82, 2.24) is 5.32 Å². The molecule has 0 saturated carbocycles. The van der Waals surface area contributed by atoms with E-state index in [-0.39, 0.29) is 27.8 Å². The Morgan fingerprint density at radius 1 is 1.33 bits per heavy atom. The summed E-state index contributed by atoms with van der Waals surface area (Å²) in [6.45, 7) is 9.65. The number of aryl methyl sites for hydroxylation is 1. The molecule has 0 aromatic heterocycles. The first-order valence-electron chi connectivity index (χ1n) is 6.39. The number of nitrogens with one attached hydrogen (secondary N) is 1. The normalized spacial score (nSPS) is 13.9. The van der Waals surface area contributed by atoms with Crippen molar-refractivity contribution >= 4 is 41.6 Å². The molecule has 118 valence electrons. The van der Waals surface area contributed by atoms with Crippen LogP contribution in [0, 0.1) is 12.3 Å². The van der Waals surface area contributed by atoms with Crippen molar-refractivity contribution in [1.29, 1.82) is 0 Å². The molecule has 0 fully saturated rings. The maximum Gasteiger partial charge on any atom is 0.262 e. The first-order chi connectivity index (χ1) is 9.34. The van der Waals surface area contributed by atoms with E-state index in [1.807, 2.05) is 27.7 Å². The van der Waals surface area contributed by atoms with Crippen molar-refractivity contribution in [2.45, 2.75) is 45.6 Å². The van der Waals surface area contributed by atoms with Gasteiger partial charge in [0.2, 0.25) is 0 Å². The van der Waals surface area contributed by atoms with Crippen LogP contribution in [0.2, 0.25) is 0 Å². The molecular weight excluding hydrogens is 378 g/mol. The quantitative estimate of drug-likeness (QED) is 0.789. The van der Waals surface area contributed by atoms with Gasteiger partial charge in [-0.2, -0.15) is 0 Å². The summed E-state index contributed by atoms with van der Waals surface area (Å²) in [6, 6.07) is 2.84. The number of rotatable bonds is 3. The highest BCUT2D eigenvalue weighted by atomic mass is 79.9. The summed E-state index contributed by atoms with van der Waals surface area (Å²) >= 11 is 3.19. The molecule has 1 unspecified atom stereocenters. The lowest BCUT2D eigenvalue weighted by atomic mass is 9.88. The maximum atomic E-state index is 12.3. The van der Waals surface area contributed by atoms with Crippen molar-refractivity contribution in [2.75, 3.05) is 0 Å².